The zero-order chi connectivity index (χ0) is 16.8. The molecule has 23 heavy (non-hydrogen) atoms. The highest BCUT2D eigenvalue weighted by molar-refractivity contribution is 4.46. The smallest absolute Gasteiger partial charge is 0.125 e. The lowest BCUT2D eigenvalue weighted by molar-refractivity contribution is -0.829. The predicted molar refractivity (Wildman–Crippen MR) is 76.7 cm³/mol. The lowest BCUT2D eigenvalue weighted by Gasteiger charge is -2.02. The largest absolute Gasteiger partial charge is 0.315 e. The van der Waals surface area contributed by atoms with Crippen molar-refractivity contribution in [2.45, 2.75) is 71.1 Å². The Bertz CT molecular complexity index is 228. The van der Waals surface area contributed by atoms with E-state index >= 15 is 0 Å². The van der Waals surface area contributed by atoms with Crippen molar-refractivity contribution in [3.8, 4) is 0 Å². The van der Waals surface area contributed by atoms with Crippen molar-refractivity contribution in [2.24, 2.45) is 0 Å². The molecule has 0 aromatic rings. The van der Waals surface area contributed by atoms with Gasteiger partial charge in [-0.15, -0.1) is 0 Å². The highest BCUT2D eigenvalue weighted by Crippen LogP contribution is 2.10. The molecule has 9 nitrogen and oxygen atoms in total. The molecule has 0 rings (SSSR count). The summed E-state index contributed by atoms with van der Waals surface area (Å²) in [6.45, 7) is 5.77. The highest BCUT2D eigenvalue weighted by atomic mass is 17.9. The molecule has 0 aromatic heterocycles. The van der Waals surface area contributed by atoms with Crippen LogP contribution in [0.4, 0.5) is 0 Å². The van der Waals surface area contributed by atoms with E-state index in [2.05, 4.69) is 58.5 Å². The van der Waals surface area contributed by atoms with Crippen LogP contribution in [-0.4, -0.2) is 6.61 Å². The first-order valence-corrected chi connectivity index (χ1v) is 7.97. The molecule has 0 amide bonds. The first-order valence-electron chi connectivity index (χ1n) is 7.97. The van der Waals surface area contributed by atoms with Crippen LogP contribution in [0.3, 0.4) is 0 Å². The Hall–Kier alpha value is -0.780. The Kier molecular flexibility index (Phi) is 20.5. The third-order valence-electron chi connectivity index (χ3n) is 2.90. The van der Waals surface area contributed by atoms with Crippen LogP contribution in [0.5, 0.6) is 0 Å². The summed E-state index contributed by atoms with van der Waals surface area (Å²) in [5.74, 6) is 0. The lowest BCUT2D eigenvalue weighted by atomic mass is 10.1. The average Bonchev–Trinajstić information content (AvgIpc) is 2.57. The molecule has 0 unspecified atom stereocenters. The van der Waals surface area contributed by atoms with Gasteiger partial charge in [-0.25, -0.2) is 4.89 Å². The Morgan fingerprint density at radius 1 is 0.609 bits per heavy atom. The minimum absolute atomic E-state index is 0.382. The summed E-state index contributed by atoms with van der Waals surface area (Å²) in [5, 5.41) is 27.2. The van der Waals surface area contributed by atoms with E-state index in [1.165, 1.54) is 51.4 Å². The van der Waals surface area contributed by atoms with Crippen LogP contribution in [0.15, 0.2) is 12.8 Å². The molecule has 138 valence electrons. The summed E-state index contributed by atoms with van der Waals surface area (Å²) in [6.07, 6.45) is 13.3. The maximum Gasteiger partial charge on any atom is 0.125 e. The van der Waals surface area contributed by atoms with Gasteiger partial charge >= 0.3 is 0 Å². The Morgan fingerprint density at radius 2 is 1.09 bits per heavy atom. The van der Waals surface area contributed by atoms with Gasteiger partial charge in [0.2, 0.25) is 0 Å². The fourth-order valence-electron chi connectivity index (χ4n) is 1.80. The fourth-order valence-corrected chi connectivity index (χ4v) is 1.80. The molecule has 0 fully saturated rings. The van der Waals surface area contributed by atoms with E-state index in [0.29, 0.717) is 6.61 Å². The molecule has 0 saturated heterocycles. The van der Waals surface area contributed by atoms with Gasteiger partial charge in [0.25, 0.3) is 0 Å². The monoisotopic (exact) mass is 340 g/mol. The lowest BCUT2D eigenvalue weighted by Crippen LogP contribution is -2.02. The summed E-state index contributed by atoms with van der Waals surface area (Å²) < 4.78 is 0. The molecule has 0 bridgehead atoms. The quantitative estimate of drug-likeness (QED) is 0.137. The van der Waals surface area contributed by atoms with E-state index in [9.17, 15) is 0 Å². The Labute approximate surface area is 136 Å². The van der Waals surface area contributed by atoms with Gasteiger partial charge in [-0.1, -0.05) is 71.3 Å². The second kappa shape index (κ2) is 21.2. The number of rotatable bonds is 20. The van der Waals surface area contributed by atoms with Crippen molar-refractivity contribution in [1.82, 2.24) is 0 Å². The molecule has 0 N–H and O–H groups in total. The van der Waals surface area contributed by atoms with E-state index in [1.807, 2.05) is 0 Å². The van der Waals surface area contributed by atoms with Gasteiger partial charge in [-0.3, -0.25) is 0 Å². The van der Waals surface area contributed by atoms with E-state index in [1.54, 1.807) is 0 Å². The fraction of sp³-hybridized carbons (Fsp3) is 0.857. The summed E-state index contributed by atoms with van der Waals surface area (Å²) in [4.78, 5) is 8.70. The molecular weight excluding hydrogens is 312 g/mol. The molecule has 0 aliphatic rings. The standard InChI is InChI=1S/C14H28O9/c1-3-5-6-7-8-9-10-11-12-13-14-16-18-20-22-23-21-19-17-15-4-2/h4H,2-3,5-14H2,1H3. The number of hydrogen-bond acceptors (Lipinski definition) is 9. The van der Waals surface area contributed by atoms with Crippen LogP contribution in [0.2, 0.25) is 0 Å². The molecule has 9 heteroatoms. The van der Waals surface area contributed by atoms with Crippen molar-refractivity contribution < 1.29 is 45.0 Å². The van der Waals surface area contributed by atoms with Crippen molar-refractivity contribution >= 4 is 0 Å². The molecule has 0 radical (unpaired) electrons. The predicted octanol–water partition coefficient (Wildman–Crippen LogP) is 4.52. The van der Waals surface area contributed by atoms with Crippen LogP contribution in [0, 0.1) is 0 Å². The van der Waals surface area contributed by atoms with Crippen molar-refractivity contribution in [3.63, 3.8) is 0 Å². The Balaban J connectivity index is 2.93. The van der Waals surface area contributed by atoms with E-state index in [0.717, 1.165) is 19.1 Å². The van der Waals surface area contributed by atoms with E-state index < -0.39 is 0 Å². The topological polar surface area (TPSA) is 83.1 Å². The normalized spacial score (nSPS) is 10.8. The summed E-state index contributed by atoms with van der Waals surface area (Å²) >= 11 is 0. The minimum atomic E-state index is 0.382. The maximum atomic E-state index is 4.66. The minimum Gasteiger partial charge on any atom is -0.315 e. The van der Waals surface area contributed by atoms with Crippen molar-refractivity contribution in [3.05, 3.63) is 12.8 Å². The van der Waals surface area contributed by atoms with Crippen molar-refractivity contribution in [2.75, 3.05) is 6.61 Å². The first kappa shape index (κ1) is 22.2. The van der Waals surface area contributed by atoms with Gasteiger partial charge in [0.15, 0.2) is 0 Å². The van der Waals surface area contributed by atoms with Gasteiger partial charge in [-0.2, -0.15) is 0 Å². The molecule has 0 aliphatic carbocycles. The maximum absolute atomic E-state index is 4.66. The summed E-state index contributed by atoms with van der Waals surface area (Å²) in [7, 11) is 0. The van der Waals surface area contributed by atoms with Gasteiger partial charge < -0.3 is 4.89 Å². The first-order chi connectivity index (χ1) is 11.4. The third kappa shape index (κ3) is 21.2. The van der Waals surface area contributed by atoms with Gasteiger partial charge in [0, 0.05) is 20.2 Å². The Morgan fingerprint density at radius 3 is 1.65 bits per heavy atom. The second-order valence-electron chi connectivity index (χ2n) is 4.74. The van der Waals surface area contributed by atoms with Crippen LogP contribution >= 0.6 is 0 Å². The van der Waals surface area contributed by atoms with Gasteiger partial charge in [-0.05, 0) is 21.5 Å². The van der Waals surface area contributed by atoms with E-state index in [-0.39, 0.29) is 0 Å². The van der Waals surface area contributed by atoms with Crippen LogP contribution < -0.4 is 0 Å². The number of unbranched alkanes of at least 4 members (excludes halogenated alkanes) is 9. The summed E-state index contributed by atoms with van der Waals surface area (Å²) in [6, 6.07) is 0. The molecule has 0 atom stereocenters. The van der Waals surface area contributed by atoms with Crippen LogP contribution in [0.1, 0.15) is 71.1 Å². The number of hydrogen-bond donors (Lipinski definition) is 0. The molecule has 0 aliphatic heterocycles. The SMILES string of the molecule is C=COOOOOOOOOCCCCCCCCCCCC. The van der Waals surface area contributed by atoms with Crippen molar-refractivity contribution in [1.29, 1.82) is 0 Å². The molecule has 0 aromatic carbocycles. The van der Waals surface area contributed by atoms with E-state index in [4.69, 9.17) is 0 Å². The third-order valence-corrected chi connectivity index (χ3v) is 2.90. The van der Waals surface area contributed by atoms with Crippen LogP contribution in [0.25, 0.3) is 0 Å². The zero-order valence-electron chi connectivity index (χ0n) is 13.7. The molecule has 0 spiro atoms. The van der Waals surface area contributed by atoms with Crippen LogP contribution in [-0.2, 0) is 45.0 Å². The molecule has 0 saturated carbocycles. The molecular formula is C14H28O9. The second-order valence-corrected chi connectivity index (χ2v) is 4.74. The average molecular weight is 340 g/mol. The molecule has 0 heterocycles. The highest BCUT2D eigenvalue weighted by Gasteiger charge is 1.97. The van der Waals surface area contributed by atoms with Gasteiger partial charge in [0.1, 0.15) is 6.26 Å². The summed E-state index contributed by atoms with van der Waals surface area (Å²) in [5.41, 5.74) is 0. The van der Waals surface area contributed by atoms with Gasteiger partial charge in [0.05, 0.1) is 6.61 Å². The zero-order valence-corrected chi connectivity index (χ0v) is 13.7.